The summed E-state index contributed by atoms with van der Waals surface area (Å²) in [6.45, 7) is 3.38. The average molecular weight is 263 g/mol. The maximum Gasteiger partial charge on any atom is 0.138 e. The molecule has 0 saturated heterocycles. The van der Waals surface area contributed by atoms with Crippen molar-refractivity contribution >= 4 is 11.0 Å². The molecule has 0 fully saturated rings. The lowest BCUT2D eigenvalue weighted by Crippen LogP contribution is -2.12. The van der Waals surface area contributed by atoms with E-state index in [1.165, 1.54) is 0 Å². The van der Waals surface area contributed by atoms with E-state index in [0.717, 1.165) is 29.7 Å². The van der Waals surface area contributed by atoms with E-state index in [4.69, 9.17) is 10.5 Å². The predicted molar refractivity (Wildman–Crippen MR) is 75.2 cm³/mol. The molecular weight excluding hydrogens is 242 g/mol. The summed E-state index contributed by atoms with van der Waals surface area (Å²) in [5.74, 6) is 1.46. The molecule has 1 unspecified atom stereocenters. The smallest absolute Gasteiger partial charge is 0.138 e. The summed E-state index contributed by atoms with van der Waals surface area (Å²) in [5.41, 5.74) is 7.38. The second kappa shape index (κ2) is 6.04. The van der Waals surface area contributed by atoms with Crippen molar-refractivity contribution in [3.63, 3.8) is 0 Å². The molecule has 1 atom stereocenters. The summed E-state index contributed by atoms with van der Waals surface area (Å²) in [6, 6.07) is 5.78. The van der Waals surface area contributed by atoms with Crippen LogP contribution in [-0.4, -0.2) is 28.3 Å². The van der Waals surface area contributed by atoms with Crippen molar-refractivity contribution in [2.45, 2.75) is 32.4 Å². The van der Waals surface area contributed by atoms with E-state index in [1.54, 1.807) is 7.11 Å². The van der Waals surface area contributed by atoms with Crippen molar-refractivity contribution < 1.29 is 9.84 Å². The Morgan fingerprint density at radius 2 is 2.26 bits per heavy atom. The number of aliphatic hydroxyl groups is 1. The van der Waals surface area contributed by atoms with Crippen molar-refractivity contribution in [2.75, 3.05) is 13.7 Å². The topological polar surface area (TPSA) is 73.3 Å². The monoisotopic (exact) mass is 263 g/mol. The standard InChI is InChI=1S/C14H21N3O2/c1-3-8-17-12-5-4-10(19-2)9-11(12)16-14(17)13(18)6-7-15/h4-5,9,13,18H,3,6-8,15H2,1-2H3. The van der Waals surface area contributed by atoms with Gasteiger partial charge in [0, 0.05) is 12.6 Å². The maximum atomic E-state index is 10.2. The molecule has 0 spiro atoms. The lowest BCUT2D eigenvalue weighted by Gasteiger charge is -2.12. The molecule has 0 bridgehead atoms. The molecule has 5 nitrogen and oxygen atoms in total. The van der Waals surface area contributed by atoms with Gasteiger partial charge in [-0.25, -0.2) is 4.98 Å². The molecule has 0 amide bonds. The van der Waals surface area contributed by atoms with Crippen molar-refractivity contribution in [1.82, 2.24) is 9.55 Å². The third-order valence-corrected chi connectivity index (χ3v) is 3.17. The van der Waals surface area contributed by atoms with Gasteiger partial charge >= 0.3 is 0 Å². The fourth-order valence-electron chi connectivity index (χ4n) is 2.26. The van der Waals surface area contributed by atoms with Gasteiger partial charge < -0.3 is 20.1 Å². The first-order chi connectivity index (χ1) is 9.21. The largest absolute Gasteiger partial charge is 0.497 e. The Labute approximate surface area is 113 Å². The number of aliphatic hydroxyl groups excluding tert-OH is 1. The summed E-state index contributed by atoms with van der Waals surface area (Å²) < 4.78 is 7.27. The highest BCUT2D eigenvalue weighted by atomic mass is 16.5. The van der Waals surface area contributed by atoms with Gasteiger partial charge in [0.15, 0.2) is 0 Å². The van der Waals surface area contributed by atoms with Crippen molar-refractivity contribution in [3.05, 3.63) is 24.0 Å². The van der Waals surface area contributed by atoms with Crippen LogP contribution in [0.4, 0.5) is 0 Å². The highest BCUT2D eigenvalue weighted by Gasteiger charge is 2.17. The van der Waals surface area contributed by atoms with Crippen molar-refractivity contribution in [2.24, 2.45) is 5.73 Å². The highest BCUT2D eigenvalue weighted by molar-refractivity contribution is 5.78. The Bertz CT molecular complexity index is 551. The van der Waals surface area contributed by atoms with Crippen LogP contribution < -0.4 is 10.5 Å². The lowest BCUT2D eigenvalue weighted by atomic mass is 10.2. The van der Waals surface area contributed by atoms with Crippen LogP contribution in [0.15, 0.2) is 18.2 Å². The van der Waals surface area contributed by atoms with Gasteiger partial charge in [0.1, 0.15) is 17.7 Å². The number of nitrogens with two attached hydrogens (primary N) is 1. The number of imidazole rings is 1. The van der Waals surface area contributed by atoms with E-state index in [1.807, 2.05) is 18.2 Å². The molecule has 2 rings (SSSR count). The number of hydrogen-bond acceptors (Lipinski definition) is 4. The van der Waals surface area contributed by atoms with E-state index in [-0.39, 0.29) is 0 Å². The van der Waals surface area contributed by atoms with Crippen LogP contribution in [0.25, 0.3) is 11.0 Å². The van der Waals surface area contributed by atoms with Crippen LogP contribution in [0.1, 0.15) is 31.7 Å². The molecule has 0 saturated carbocycles. The van der Waals surface area contributed by atoms with Gasteiger partial charge in [0.25, 0.3) is 0 Å². The van der Waals surface area contributed by atoms with Crippen molar-refractivity contribution in [1.29, 1.82) is 0 Å². The van der Waals surface area contributed by atoms with Gasteiger partial charge in [-0.2, -0.15) is 0 Å². The minimum Gasteiger partial charge on any atom is -0.497 e. The Hall–Kier alpha value is -1.59. The van der Waals surface area contributed by atoms with Crippen LogP contribution in [0.3, 0.4) is 0 Å². The first kappa shape index (κ1) is 13.8. The molecule has 0 aliphatic carbocycles. The average Bonchev–Trinajstić information content (AvgIpc) is 2.77. The number of fused-ring (bicyclic) bond motifs is 1. The van der Waals surface area contributed by atoms with E-state index in [9.17, 15) is 5.11 Å². The van der Waals surface area contributed by atoms with Gasteiger partial charge in [-0.1, -0.05) is 6.92 Å². The number of benzene rings is 1. The number of aromatic nitrogens is 2. The first-order valence-electron chi connectivity index (χ1n) is 6.63. The van der Waals surface area contributed by atoms with Crippen LogP contribution in [0.5, 0.6) is 5.75 Å². The zero-order valence-corrected chi connectivity index (χ0v) is 11.5. The second-order valence-electron chi connectivity index (χ2n) is 4.57. The molecule has 1 heterocycles. The molecule has 3 N–H and O–H groups in total. The molecule has 1 aromatic heterocycles. The van der Waals surface area contributed by atoms with E-state index < -0.39 is 6.10 Å². The Morgan fingerprint density at radius 1 is 1.47 bits per heavy atom. The molecular formula is C14H21N3O2. The first-order valence-corrected chi connectivity index (χ1v) is 6.63. The number of methoxy groups -OCH3 is 1. The normalized spacial score (nSPS) is 12.8. The minimum atomic E-state index is -0.616. The molecule has 5 heteroatoms. The van der Waals surface area contributed by atoms with E-state index in [2.05, 4.69) is 16.5 Å². The fraction of sp³-hybridized carbons (Fsp3) is 0.500. The third kappa shape index (κ3) is 2.72. The second-order valence-corrected chi connectivity index (χ2v) is 4.57. The molecule has 1 aromatic carbocycles. The molecule has 0 aliphatic heterocycles. The zero-order valence-electron chi connectivity index (χ0n) is 11.5. The molecule has 2 aromatic rings. The van der Waals surface area contributed by atoms with Gasteiger partial charge in [0.05, 0.1) is 18.1 Å². The predicted octanol–water partition coefficient (Wildman–Crippen LogP) is 1.84. The summed E-state index contributed by atoms with van der Waals surface area (Å²) in [4.78, 5) is 4.54. The summed E-state index contributed by atoms with van der Waals surface area (Å²) in [5, 5.41) is 10.2. The molecule has 19 heavy (non-hydrogen) atoms. The van der Waals surface area contributed by atoms with E-state index in [0.29, 0.717) is 18.8 Å². The minimum absolute atomic E-state index is 0.444. The van der Waals surface area contributed by atoms with Gasteiger partial charge in [-0.3, -0.25) is 0 Å². The number of aryl methyl sites for hydroxylation is 1. The fourth-order valence-corrected chi connectivity index (χ4v) is 2.26. The summed E-state index contributed by atoms with van der Waals surface area (Å²) in [6.07, 6.45) is 0.888. The van der Waals surface area contributed by atoms with E-state index >= 15 is 0 Å². The Balaban J connectivity index is 2.51. The Morgan fingerprint density at radius 3 is 2.89 bits per heavy atom. The van der Waals surface area contributed by atoms with Gasteiger partial charge in [0.2, 0.25) is 0 Å². The van der Waals surface area contributed by atoms with Crippen molar-refractivity contribution in [3.8, 4) is 5.75 Å². The zero-order chi connectivity index (χ0) is 13.8. The number of hydrogen-bond donors (Lipinski definition) is 2. The van der Waals surface area contributed by atoms with Crippen LogP contribution >= 0.6 is 0 Å². The quantitative estimate of drug-likeness (QED) is 0.834. The molecule has 0 aliphatic rings. The number of nitrogens with zero attached hydrogens (tertiary/aromatic N) is 2. The SMILES string of the molecule is CCCn1c(C(O)CCN)nc2cc(OC)ccc21. The molecule has 0 radical (unpaired) electrons. The molecule has 104 valence electrons. The van der Waals surface area contributed by atoms with Crippen LogP contribution in [0.2, 0.25) is 0 Å². The number of rotatable bonds is 6. The van der Waals surface area contributed by atoms with Crippen LogP contribution in [0, 0.1) is 0 Å². The summed E-state index contributed by atoms with van der Waals surface area (Å²) in [7, 11) is 1.63. The van der Waals surface area contributed by atoms with Crippen LogP contribution in [-0.2, 0) is 6.54 Å². The Kier molecular flexibility index (Phi) is 4.39. The lowest BCUT2D eigenvalue weighted by molar-refractivity contribution is 0.156. The number of ether oxygens (including phenoxy) is 1. The highest BCUT2D eigenvalue weighted by Crippen LogP contribution is 2.26. The maximum absolute atomic E-state index is 10.2. The summed E-state index contributed by atoms with van der Waals surface area (Å²) >= 11 is 0. The third-order valence-electron chi connectivity index (χ3n) is 3.17. The van der Waals surface area contributed by atoms with Gasteiger partial charge in [-0.15, -0.1) is 0 Å². The van der Waals surface area contributed by atoms with Gasteiger partial charge in [-0.05, 0) is 31.5 Å².